The van der Waals surface area contributed by atoms with Crippen LogP contribution in [0, 0.1) is 0 Å². The van der Waals surface area contributed by atoms with Crippen LogP contribution in [0.2, 0.25) is 0 Å². The van der Waals surface area contributed by atoms with E-state index in [1.807, 2.05) is 10.6 Å². The first-order valence-electron chi connectivity index (χ1n) is 9.54. The number of rotatable bonds is 3. The molecule has 0 saturated heterocycles. The Morgan fingerprint density at radius 2 is 2.03 bits per heavy atom. The number of aromatic carboxylic acids is 1. The minimum absolute atomic E-state index is 0.0777. The highest BCUT2D eigenvalue weighted by Crippen LogP contribution is 2.41. The number of hydrogen-bond acceptors (Lipinski definition) is 5. The second-order valence-corrected chi connectivity index (χ2v) is 7.53. The minimum Gasteiger partial charge on any atom is -0.477 e. The van der Waals surface area contributed by atoms with E-state index < -0.39 is 11.4 Å². The van der Waals surface area contributed by atoms with Gasteiger partial charge in [0.25, 0.3) is 0 Å². The molecule has 0 amide bonds. The molecule has 0 radical (unpaired) electrons. The lowest BCUT2D eigenvalue weighted by atomic mass is 9.95. The molecule has 0 spiro atoms. The molecule has 1 aliphatic carbocycles. The summed E-state index contributed by atoms with van der Waals surface area (Å²) in [4.78, 5) is 32.8. The van der Waals surface area contributed by atoms with Crippen LogP contribution in [-0.2, 0) is 18.0 Å². The molecule has 0 bridgehead atoms. The first-order valence-corrected chi connectivity index (χ1v) is 9.54. The summed E-state index contributed by atoms with van der Waals surface area (Å²) in [6.45, 7) is 0.624. The van der Waals surface area contributed by atoms with Gasteiger partial charge in [0.2, 0.25) is 5.43 Å². The molecule has 152 valence electrons. The van der Waals surface area contributed by atoms with Gasteiger partial charge in [0, 0.05) is 34.9 Å². The zero-order valence-electron chi connectivity index (χ0n) is 16.0. The Morgan fingerprint density at radius 1 is 1.23 bits per heavy atom. The highest BCUT2D eigenvalue weighted by atomic mass is 16.5. The smallest absolute Gasteiger partial charge is 0.341 e. The highest BCUT2D eigenvalue weighted by Gasteiger charge is 2.29. The van der Waals surface area contributed by atoms with E-state index in [0.717, 1.165) is 40.6 Å². The zero-order valence-corrected chi connectivity index (χ0v) is 16.0. The maximum absolute atomic E-state index is 12.8. The largest absolute Gasteiger partial charge is 0.477 e. The summed E-state index contributed by atoms with van der Waals surface area (Å²) < 4.78 is 7.84. The summed E-state index contributed by atoms with van der Waals surface area (Å²) in [6, 6.07) is 5.48. The summed E-state index contributed by atoms with van der Waals surface area (Å²) in [5, 5.41) is 9.87. The fourth-order valence-electron chi connectivity index (χ4n) is 4.02. The molecule has 1 fully saturated rings. The molecule has 2 aromatic heterocycles. The number of carbonyl (C=O) groups is 1. The molecule has 9 heteroatoms. The van der Waals surface area contributed by atoms with Crippen molar-refractivity contribution in [1.82, 2.24) is 9.55 Å². The number of hydrogen-bond donors (Lipinski definition) is 3. The fourth-order valence-corrected chi connectivity index (χ4v) is 4.02. The monoisotopic (exact) mass is 405 g/mol. The lowest BCUT2D eigenvalue weighted by molar-refractivity contribution is 0.0695. The van der Waals surface area contributed by atoms with Gasteiger partial charge in [0.1, 0.15) is 5.56 Å². The van der Waals surface area contributed by atoms with E-state index in [9.17, 15) is 14.7 Å². The normalized spacial score (nSPS) is 15.2. The third-order valence-electron chi connectivity index (χ3n) is 5.48. The summed E-state index contributed by atoms with van der Waals surface area (Å²) in [5.41, 5.74) is 14.4. The van der Waals surface area contributed by atoms with Crippen LogP contribution < -0.4 is 16.9 Å². The molecule has 5 N–H and O–H groups in total. The molecule has 2 aliphatic rings. The van der Waals surface area contributed by atoms with Crippen molar-refractivity contribution in [2.45, 2.75) is 32.1 Å². The number of aromatic nitrogens is 2. The van der Waals surface area contributed by atoms with Crippen LogP contribution >= 0.6 is 0 Å². The van der Waals surface area contributed by atoms with E-state index in [2.05, 4.69) is 9.98 Å². The van der Waals surface area contributed by atoms with Gasteiger partial charge in [0.05, 0.1) is 18.7 Å². The Bertz CT molecular complexity index is 1300. The van der Waals surface area contributed by atoms with Crippen LogP contribution in [0.5, 0.6) is 0 Å². The molecule has 1 aliphatic heterocycles. The number of carboxylic acid groups (broad SMARTS) is 1. The number of carboxylic acids is 1. The first kappa shape index (κ1) is 18.3. The maximum Gasteiger partial charge on any atom is 0.341 e. The van der Waals surface area contributed by atoms with Crippen molar-refractivity contribution < 1.29 is 14.6 Å². The number of aliphatic imine (C=N–C) groups is 1. The van der Waals surface area contributed by atoms with Crippen molar-refractivity contribution in [1.29, 1.82) is 0 Å². The standard InChI is InChI=1S/C21H19N5O4/c22-21(23)25-17-5-10-8-30-9-16-12(14(10)6-24-17)3-4-13-18(16)26(11-1-2-11)7-15(19(13)27)20(28)29/h3-7,11H,1-2,8-9H2,(H,28,29)(H4,22,23,24,25). The highest BCUT2D eigenvalue weighted by molar-refractivity contribution is 5.96. The molecular weight excluding hydrogens is 386 g/mol. The number of nitrogens with zero attached hydrogens (tertiary/aromatic N) is 3. The third kappa shape index (κ3) is 2.91. The molecule has 0 unspecified atom stereocenters. The van der Waals surface area contributed by atoms with E-state index in [-0.39, 0.29) is 24.2 Å². The molecule has 30 heavy (non-hydrogen) atoms. The molecular formula is C21H19N5O4. The molecule has 0 atom stereocenters. The van der Waals surface area contributed by atoms with Crippen LogP contribution in [0.1, 0.15) is 40.4 Å². The van der Waals surface area contributed by atoms with Gasteiger partial charge < -0.3 is 25.9 Å². The Kier molecular flexibility index (Phi) is 4.07. The first-order chi connectivity index (χ1) is 14.4. The van der Waals surface area contributed by atoms with E-state index >= 15 is 0 Å². The predicted molar refractivity (Wildman–Crippen MR) is 111 cm³/mol. The van der Waals surface area contributed by atoms with E-state index in [1.165, 1.54) is 6.20 Å². The van der Waals surface area contributed by atoms with E-state index in [0.29, 0.717) is 17.8 Å². The van der Waals surface area contributed by atoms with Crippen molar-refractivity contribution in [3.8, 4) is 11.1 Å². The summed E-state index contributed by atoms with van der Waals surface area (Å²) in [5.74, 6) is -0.905. The summed E-state index contributed by atoms with van der Waals surface area (Å²) >= 11 is 0. The van der Waals surface area contributed by atoms with Crippen molar-refractivity contribution in [2.24, 2.45) is 16.5 Å². The SMILES string of the molecule is NC(N)=Nc1cc2c(cn1)-c1ccc3c(=O)c(C(=O)O)cn(C4CC4)c3c1COC2. The Labute approximate surface area is 170 Å². The fraction of sp³-hybridized carbons (Fsp3) is 0.238. The lowest BCUT2D eigenvalue weighted by Crippen LogP contribution is -2.22. The lowest BCUT2D eigenvalue weighted by Gasteiger charge is -2.17. The Balaban J connectivity index is 1.79. The minimum atomic E-state index is -1.22. The topological polar surface area (TPSA) is 146 Å². The van der Waals surface area contributed by atoms with Gasteiger partial charge in [-0.25, -0.2) is 9.78 Å². The average molecular weight is 405 g/mol. The van der Waals surface area contributed by atoms with Crippen LogP contribution in [0.3, 0.4) is 0 Å². The van der Waals surface area contributed by atoms with Crippen molar-refractivity contribution in [3.63, 3.8) is 0 Å². The Hall–Kier alpha value is -3.72. The quantitative estimate of drug-likeness (QED) is 0.446. The van der Waals surface area contributed by atoms with Gasteiger partial charge in [-0.15, -0.1) is 0 Å². The number of nitrogens with two attached hydrogens (primary N) is 2. The summed E-state index contributed by atoms with van der Waals surface area (Å²) in [7, 11) is 0. The van der Waals surface area contributed by atoms with Gasteiger partial charge in [0.15, 0.2) is 11.8 Å². The van der Waals surface area contributed by atoms with Crippen molar-refractivity contribution in [2.75, 3.05) is 0 Å². The molecule has 1 aromatic carbocycles. The van der Waals surface area contributed by atoms with Gasteiger partial charge >= 0.3 is 5.97 Å². The molecule has 1 saturated carbocycles. The molecule has 9 nitrogen and oxygen atoms in total. The van der Waals surface area contributed by atoms with Crippen LogP contribution in [0.4, 0.5) is 5.82 Å². The zero-order chi connectivity index (χ0) is 21.0. The number of fused-ring (bicyclic) bond motifs is 5. The van der Waals surface area contributed by atoms with Crippen LogP contribution in [-0.4, -0.2) is 26.6 Å². The molecule has 3 heterocycles. The number of ether oxygens (including phenoxy) is 1. The number of pyridine rings is 2. The van der Waals surface area contributed by atoms with Gasteiger partial charge in [-0.05, 0) is 36.1 Å². The number of guanidine groups is 1. The second kappa shape index (κ2) is 6.67. The average Bonchev–Trinajstić information content (AvgIpc) is 3.54. The predicted octanol–water partition coefficient (Wildman–Crippen LogP) is 2.03. The van der Waals surface area contributed by atoms with E-state index in [4.69, 9.17) is 16.2 Å². The van der Waals surface area contributed by atoms with Crippen molar-refractivity contribution >= 4 is 28.6 Å². The molecule has 5 rings (SSSR count). The van der Waals surface area contributed by atoms with Crippen LogP contribution in [0.25, 0.3) is 22.0 Å². The summed E-state index contributed by atoms with van der Waals surface area (Å²) in [6.07, 6.45) is 5.06. The van der Waals surface area contributed by atoms with Gasteiger partial charge in [-0.3, -0.25) is 4.79 Å². The van der Waals surface area contributed by atoms with Gasteiger partial charge in [-0.1, -0.05) is 6.07 Å². The van der Waals surface area contributed by atoms with E-state index in [1.54, 1.807) is 18.3 Å². The third-order valence-corrected chi connectivity index (χ3v) is 5.48. The van der Waals surface area contributed by atoms with Crippen LogP contribution in [0.15, 0.2) is 40.4 Å². The second-order valence-electron chi connectivity index (χ2n) is 7.53. The van der Waals surface area contributed by atoms with Gasteiger partial charge in [-0.2, -0.15) is 4.99 Å². The van der Waals surface area contributed by atoms with Crippen molar-refractivity contribution in [3.05, 3.63) is 57.5 Å². The molecule has 3 aromatic rings. The Morgan fingerprint density at radius 3 is 2.73 bits per heavy atom. The number of benzene rings is 1. The maximum atomic E-state index is 12.8.